The van der Waals surface area contributed by atoms with E-state index in [0.29, 0.717) is 12.5 Å². The van der Waals surface area contributed by atoms with Crippen LogP contribution in [0.4, 0.5) is 0 Å². The summed E-state index contributed by atoms with van der Waals surface area (Å²) in [5.74, 6) is 0.498. The molecule has 1 aromatic rings. The van der Waals surface area contributed by atoms with Crippen molar-refractivity contribution in [3.05, 3.63) is 34.9 Å². The van der Waals surface area contributed by atoms with Crippen molar-refractivity contribution in [2.75, 3.05) is 0 Å². The van der Waals surface area contributed by atoms with E-state index in [1.54, 1.807) is 0 Å². The summed E-state index contributed by atoms with van der Waals surface area (Å²) in [5, 5.41) is 3.15. The number of rotatable bonds is 2. The van der Waals surface area contributed by atoms with Gasteiger partial charge < -0.3 is 11.1 Å². The fraction of sp³-hybridized carbons (Fsp3) is 0.500. The minimum atomic E-state index is -0.0457. The first-order valence-corrected chi connectivity index (χ1v) is 5.92. The topological polar surface area (TPSA) is 50.4 Å². The van der Waals surface area contributed by atoms with Crippen molar-refractivity contribution < 1.29 is 0 Å². The molecule has 0 spiro atoms. The van der Waals surface area contributed by atoms with Gasteiger partial charge in [-0.3, -0.25) is 0 Å². The van der Waals surface area contributed by atoms with Crippen LogP contribution in [0.25, 0.3) is 0 Å². The van der Waals surface area contributed by atoms with Crippen molar-refractivity contribution >= 4 is 29.9 Å². The van der Waals surface area contributed by atoms with Gasteiger partial charge in [-0.15, -0.1) is 24.0 Å². The van der Waals surface area contributed by atoms with Crippen LogP contribution in [0.5, 0.6) is 0 Å². The Morgan fingerprint density at radius 1 is 1.28 bits per heavy atom. The first-order chi connectivity index (χ1) is 7.78. The van der Waals surface area contributed by atoms with Gasteiger partial charge in [-0.2, -0.15) is 0 Å². The normalized spacial score (nSPS) is 11.9. The van der Waals surface area contributed by atoms with Crippen molar-refractivity contribution in [1.82, 2.24) is 5.32 Å². The van der Waals surface area contributed by atoms with Crippen LogP contribution < -0.4 is 11.1 Å². The van der Waals surface area contributed by atoms with Crippen LogP contribution in [-0.2, 0) is 6.54 Å². The highest BCUT2D eigenvalue weighted by atomic mass is 127. The minimum Gasteiger partial charge on any atom is -0.370 e. The Labute approximate surface area is 127 Å². The van der Waals surface area contributed by atoms with Gasteiger partial charge in [0.05, 0.1) is 6.54 Å². The molecule has 0 bridgehead atoms. The summed E-state index contributed by atoms with van der Waals surface area (Å²) < 4.78 is 0. The number of nitrogens with one attached hydrogen (secondary N) is 1. The van der Waals surface area contributed by atoms with E-state index in [0.717, 1.165) is 0 Å². The minimum absolute atomic E-state index is 0. The third kappa shape index (κ3) is 6.23. The molecule has 1 rings (SSSR count). The molecule has 102 valence electrons. The van der Waals surface area contributed by atoms with Crippen molar-refractivity contribution in [3.8, 4) is 0 Å². The molecule has 0 heterocycles. The number of aryl methyl sites for hydroxylation is 2. The molecule has 0 aliphatic carbocycles. The van der Waals surface area contributed by atoms with Crippen molar-refractivity contribution in [3.63, 3.8) is 0 Å². The first-order valence-electron chi connectivity index (χ1n) is 5.92. The summed E-state index contributed by atoms with van der Waals surface area (Å²) in [7, 11) is 0. The fourth-order valence-corrected chi connectivity index (χ4v) is 1.62. The van der Waals surface area contributed by atoms with E-state index in [4.69, 9.17) is 5.73 Å². The highest BCUT2D eigenvalue weighted by molar-refractivity contribution is 14.0. The quantitative estimate of drug-likeness (QED) is 0.483. The number of benzene rings is 1. The van der Waals surface area contributed by atoms with Crippen LogP contribution in [0.3, 0.4) is 0 Å². The number of aliphatic imine (C=N–C) groups is 1. The Balaban J connectivity index is 0.00000289. The largest absolute Gasteiger partial charge is 0.370 e. The summed E-state index contributed by atoms with van der Waals surface area (Å²) in [6.45, 7) is 11.0. The molecule has 3 nitrogen and oxygen atoms in total. The van der Waals surface area contributed by atoms with Gasteiger partial charge in [-0.25, -0.2) is 4.99 Å². The SMILES string of the molecule is Cc1ccc(CN=C(N)NC(C)(C)C)c(C)c1.I. The lowest BCUT2D eigenvalue weighted by atomic mass is 10.1. The highest BCUT2D eigenvalue weighted by Gasteiger charge is 2.09. The highest BCUT2D eigenvalue weighted by Crippen LogP contribution is 2.11. The monoisotopic (exact) mass is 361 g/mol. The van der Waals surface area contributed by atoms with Crippen LogP contribution in [0.15, 0.2) is 23.2 Å². The van der Waals surface area contributed by atoms with Crippen LogP contribution in [0, 0.1) is 13.8 Å². The first kappa shape index (κ1) is 17.2. The average molecular weight is 361 g/mol. The van der Waals surface area contributed by atoms with Gasteiger partial charge in [-0.1, -0.05) is 23.8 Å². The molecule has 0 aliphatic heterocycles. The standard InChI is InChI=1S/C14H23N3.HI/c1-10-6-7-12(11(2)8-10)9-16-13(15)17-14(3,4)5;/h6-8H,9H2,1-5H3,(H3,15,16,17);1H. The Morgan fingerprint density at radius 2 is 1.89 bits per heavy atom. The molecule has 4 heteroatoms. The molecule has 0 saturated carbocycles. The van der Waals surface area contributed by atoms with Crippen molar-refractivity contribution in [1.29, 1.82) is 0 Å². The Hall–Kier alpha value is -0.780. The maximum Gasteiger partial charge on any atom is 0.189 e. The summed E-state index contributed by atoms with van der Waals surface area (Å²) in [4.78, 5) is 4.35. The average Bonchev–Trinajstić information content (AvgIpc) is 2.13. The molecule has 0 saturated heterocycles. The number of guanidine groups is 1. The maximum absolute atomic E-state index is 5.83. The molecule has 0 unspecified atom stereocenters. The van der Waals surface area contributed by atoms with E-state index in [1.807, 2.05) is 0 Å². The zero-order chi connectivity index (χ0) is 13.1. The van der Waals surface area contributed by atoms with E-state index in [9.17, 15) is 0 Å². The van der Waals surface area contributed by atoms with Crippen LogP contribution in [0.2, 0.25) is 0 Å². The molecular weight excluding hydrogens is 337 g/mol. The third-order valence-corrected chi connectivity index (χ3v) is 2.42. The van der Waals surface area contributed by atoms with E-state index in [-0.39, 0.29) is 29.5 Å². The smallest absolute Gasteiger partial charge is 0.189 e. The predicted octanol–water partition coefficient (Wildman–Crippen LogP) is 3.12. The Kier molecular flexibility index (Phi) is 6.67. The lowest BCUT2D eigenvalue weighted by Gasteiger charge is -2.21. The van der Waals surface area contributed by atoms with Gasteiger partial charge in [0.2, 0.25) is 0 Å². The van der Waals surface area contributed by atoms with E-state index in [2.05, 4.69) is 63.1 Å². The van der Waals surface area contributed by atoms with Crippen LogP contribution in [-0.4, -0.2) is 11.5 Å². The number of nitrogens with zero attached hydrogens (tertiary/aromatic N) is 1. The van der Waals surface area contributed by atoms with Gasteiger partial charge in [0.25, 0.3) is 0 Å². The molecular formula is C14H24IN3. The molecule has 0 atom stereocenters. The Bertz CT molecular complexity index is 420. The van der Waals surface area contributed by atoms with Gasteiger partial charge >= 0.3 is 0 Å². The number of hydrogen-bond donors (Lipinski definition) is 2. The number of nitrogens with two attached hydrogens (primary N) is 1. The molecule has 0 fully saturated rings. The molecule has 1 aromatic carbocycles. The van der Waals surface area contributed by atoms with Crippen molar-refractivity contribution in [2.45, 2.75) is 46.7 Å². The van der Waals surface area contributed by atoms with Gasteiger partial charge in [-0.05, 0) is 45.7 Å². The number of halogens is 1. The van der Waals surface area contributed by atoms with Crippen molar-refractivity contribution in [2.24, 2.45) is 10.7 Å². The summed E-state index contributed by atoms with van der Waals surface area (Å²) in [5.41, 5.74) is 9.53. The van der Waals surface area contributed by atoms with Crippen LogP contribution >= 0.6 is 24.0 Å². The van der Waals surface area contributed by atoms with Gasteiger partial charge in [0.15, 0.2) is 5.96 Å². The Morgan fingerprint density at radius 3 is 2.39 bits per heavy atom. The molecule has 0 radical (unpaired) electrons. The van der Waals surface area contributed by atoms with E-state index >= 15 is 0 Å². The van der Waals surface area contributed by atoms with Crippen LogP contribution in [0.1, 0.15) is 37.5 Å². The predicted molar refractivity (Wildman–Crippen MR) is 89.5 cm³/mol. The molecule has 18 heavy (non-hydrogen) atoms. The third-order valence-electron chi connectivity index (χ3n) is 2.42. The second kappa shape index (κ2) is 6.97. The second-order valence-corrected chi connectivity index (χ2v) is 5.51. The second-order valence-electron chi connectivity index (χ2n) is 5.51. The van der Waals surface area contributed by atoms with E-state index < -0.39 is 0 Å². The lowest BCUT2D eigenvalue weighted by Crippen LogP contribution is -2.44. The zero-order valence-electron chi connectivity index (χ0n) is 11.9. The summed E-state index contributed by atoms with van der Waals surface area (Å²) in [6, 6.07) is 6.38. The van der Waals surface area contributed by atoms with Gasteiger partial charge in [0.1, 0.15) is 0 Å². The summed E-state index contributed by atoms with van der Waals surface area (Å²) >= 11 is 0. The number of hydrogen-bond acceptors (Lipinski definition) is 1. The molecule has 0 aliphatic rings. The lowest BCUT2D eigenvalue weighted by molar-refractivity contribution is 0.508. The fourth-order valence-electron chi connectivity index (χ4n) is 1.62. The van der Waals surface area contributed by atoms with E-state index in [1.165, 1.54) is 16.7 Å². The molecule has 0 amide bonds. The maximum atomic E-state index is 5.83. The summed E-state index contributed by atoms with van der Waals surface area (Å²) in [6.07, 6.45) is 0. The van der Waals surface area contributed by atoms with Gasteiger partial charge in [0, 0.05) is 5.54 Å². The molecule has 0 aromatic heterocycles. The molecule has 3 N–H and O–H groups in total. The zero-order valence-corrected chi connectivity index (χ0v) is 14.2.